The Kier molecular flexibility index (Phi) is 3.32. The Morgan fingerprint density at radius 2 is 1.86 bits per heavy atom. The van der Waals surface area contributed by atoms with Gasteiger partial charge in [-0.25, -0.2) is 4.74 Å². The van der Waals surface area contributed by atoms with Crippen molar-refractivity contribution in [3.05, 3.63) is 39.5 Å². The summed E-state index contributed by atoms with van der Waals surface area (Å²) in [5.74, 6) is 0. The van der Waals surface area contributed by atoms with Crippen LogP contribution in [0.25, 0.3) is 0 Å². The first-order valence-electron chi connectivity index (χ1n) is 4.47. The largest absolute Gasteiger partial charge is 0.623 e. The first-order valence-corrected chi connectivity index (χ1v) is 5.26. The van der Waals surface area contributed by atoms with Crippen LogP contribution >= 0.6 is 15.9 Å². The summed E-state index contributed by atoms with van der Waals surface area (Å²) in [7, 11) is 0. The average molecular weight is 256 g/mol. The summed E-state index contributed by atoms with van der Waals surface area (Å²) in [6.07, 6.45) is 1.60. The molecule has 0 amide bonds. The molecule has 0 bridgehead atoms. The number of hydroxylamine groups is 1. The molecule has 0 atom stereocenters. The van der Waals surface area contributed by atoms with E-state index in [0.29, 0.717) is 0 Å². The zero-order valence-electron chi connectivity index (χ0n) is 8.62. The van der Waals surface area contributed by atoms with E-state index in [1.807, 2.05) is 45.0 Å². The molecule has 1 aromatic rings. The fraction of sp³-hybridized carbons (Fsp3) is 0.364. The van der Waals surface area contributed by atoms with Gasteiger partial charge in [0.2, 0.25) is 0 Å². The number of hydrogen-bond acceptors (Lipinski definition) is 1. The van der Waals surface area contributed by atoms with Gasteiger partial charge in [-0.15, -0.1) is 0 Å². The van der Waals surface area contributed by atoms with E-state index in [9.17, 15) is 5.21 Å². The highest BCUT2D eigenvalue weighted by molar-refractivity contribution is 9.10. The number of benzene rings is 1. The van der Waals surface area contributed by atoms with Crippen molar-refractivity contribution >= 4 is 22.1 Å². The lowest BCUT2D eigenvalue weighted by Gasteiger charge is -2.18. The van der Waals surface area contributed by atoms with Crippen LogP contribution in [0.3, 0.4) is 0 Å². The van der Waals surface area contributed by atoms with E-state index in [2.05, 4.69) is 15.9 Å². The second kappa shape index (κ2) is 4.13. The van der Waals surface area contributed by atoms with Crippen LogP contribution in [0.5, 0.6) is 0 Å². The summed E-state index contributed by atoms with van der Waals surface area (Å²) in [6, 6.07) is 7.66. The van der Waals surface area contributed by atoms with E-state index >= 15 is 0 Å². The van der Waals surface area contributed by atoms with Crippen LogP contribution in [-0.4, -0.2) is 16.5 Å². The Labute approximate surface area is 93.0 Å². The van der Waals surface area contributed by atoms with E-state index in [1.165, 1.54) is 0 Å². The van der Waals surface area contributed by atoms with Crippen LogP contribution in [0.15, 0.2) is 28.7 Å². The first kappa shape index (κ1) is 11.2. The predicted molar refractivity (Wildman–Crippen MR) is 62.7 cm³/mol. The predicted octanol–water partition coefficient (Wildman–Crippen LogP) is 3.18. The highest BCUT2D eigenvalue weighted by Crippen LogP contribution is 2.14. The minimum Gasteiger partial charge on any atom is -0.623 e. The molecule has 0 radical (unpaired) electrons. The van der Waals surface area contributed by atoms with Gasteiger partial charge in [0.1, 0.15) is 0 Å². The molecule has 1 rings (SSSR count). The molecule has 0 fully saturated rings. The molecule has 0 spiro atoms. The number of nitrogens with zero attached hydrogens (tertiary/aromatic N) is 1. The third-order valence-corrected chi connectivity index (χ3v) is 2.54. The van der Waals surface area contributed by atoms with E-state index in [4.69, 9.17) is 0 Å². The summed E-state index contributed by atoms with van der Waals surface area (Å²) in [5.41, 5.74) is 0.507. The van der Waals surface area contributed by atoms with Crippen molar-refractivity contribution in [3.63, 3.8) is 0 Å². The average Bonchev–Trinajstić information content (AvgIpc) is 2.07. The van der Waals surface area contributed by atoms with Crippen LogP contribution in [0.1, 0.15) is 26.3 Å². The molecule has 0 saturated carbocycles. The molecular formula is C11H14BrNO. The molecule has 14 heavy (non-hydrogen) atoms. The lowest BCUT2D eigenvalue weighted by atomic mass is 10.1. The molecule has 2 nitrogen and oxygen atoms in total. The molecule has 76 valence electrons. The van der Waals surface area contributed by atoms with E-state index in [0.717, 1.165) is 14.8 Å². The van der Waals surface area contributed by atoms with E-state index < -0.39 is 5.54 Å². The molecule has 0 aliphatic rings. The maximum absolute atomic E-state index is 11.6. The van der Waals surface area contributed by atoms with Gasteiger partial charge in [-0.2, -0.15) is 0 Å². The van der Waals surface area contributed by atoms with Gasteiger partial charge in [0, 0.05) is 25.2 Å². The number of hydrogen-bond donors (Lipinski definition) is 0. The lowest BCUT2D eigenvalue weighted by Crippen LogP contribution is -2.29. The van der Waals surface area contributed by atoms with Crippen LogP contribution in [0, 0.1) is 5.21 Å². The molecule has 0 aliphatic heterocycles. The van der Waals surface area contributed by atoms with Crippen LogP contribution in [-0.2, 0) is 0 Å². The van der Waals surface area contributed by atoms with Crippen molar-refractivity contribution in [2.45, 2.75) is 26.3 Å². The SMILES string of the molecule is CC(C)(C)/[N+]([O-])=C/c1ccccc1Br. The summed E-state index contributed by atoms with van der Waals surface area (Å²) in [4.78, 5) is 0. The first-order chi connectivity index (χ1) is 6.41. The summed E-state index contributed by atoms with van der Waals surface area (Å²) in [5, 5.41) is 11.6. The third kappa shape index (κ3) is 2.84. The van der Waals surface area contributed by atoms with Crippen molar-refractivity contribution in [3.8, 4) is 0 Å². The van der Waals surface area contributed by atoms with Crippen molar-refractivity contribution < 1.29 is 4.74 Å². The van der Waals surface area contributed by atoms with Crippen LogP contribution in [0.4, 0.5) is 0 Å². The standard InChI is InChI=1S/C11H14BrNO/c1-11(2,3)13(14)8-9-6-4-5-7-10(9)12/h4-8H,1-3H3/b13-8-. The highest BCUT2D eigenvalue weighted by atomic mass is 79.9. The zero-order valence-corrected chi connectivity index (χ0v) is 10.2. The minimum absolute atomic E-state index is 0.394. The van der Waals surface area contributed by atoms with Crippen LogP contribution < -0.4 is 0 Å². The van der Waals surface area contributed by atoms with Gasteiger partial charge in [0.05, 0.1) is 5.56 Å². The van der Waals surface area contributed by atoms with Gasteiger partial charge in [-0.1, -0.05) is 12.1 Å². The van der Waals surface area contributed by atoms with Crippen molar-refractivity contribution in [2.75, 3.05) is 0 Å². The normalized spacial score (nSPS) is 13.0. The molecule has 1 aromatic carbocycles. The van der Waals surface area contributed by atoms with Crippen molar-refractivity contribution in [1.29, 1.82) is 0 Å². The Bertz CT molecular complexity index is 353. The molecular weight excluding hydrogens is 242 g/mol. The second-order valence-electron chi connectivity index (χ2n) is 4.15. The fourth-order valence-electron chi connectivity index (χ4n) is 0.900. The van der Waals surface area contributed by atoms with Gasteiger partial charge >= 0.3 is 0 Å². The molecule has 0 heterocycles. The van der Waals surface area contributed by atoms with E-state index in [-0.39, 0.29) is 0 Å². The van der Waals surface area contributed by atoms with Gasteiger partial charge in [0.15, 0.2) is 11.8 Å². The van der Waals surface area contributed by atoms with Crippen molar-refractivity contribution in [1.82, 2.24) is 0 Å². The molecule has 0 aliphatic carbocycles. The second-order valence-corrected chi connectivity index (χ2v) is 5.00. The number of halogens is 1. The van der Waals surface area contributed by atoms with Gasteiger partial charge in [-0.3, -0.25) is 0 Å². The topological polar surface area (TPSA) is 26.1 Å². The van der Waals surface area contributed by atoms with E-state index in [1.54, 1.807) is 6.21 Å². The Balaban J connectivity index is 3.04. The Morgan fingerprint density at radius 3 is 2.36 bits per heavy atom. The minimum atomic E-state index is -0.394. The van der Waals surface area contributed by atoms with Gasteiger partial charge in [0.25, 0.3) is 0 Å². The lowest BCUT2D eigenvalue weighted by molar-refractivity contribution is -0.530. The Morgan fingerprint density at radius 1 is 1.29 bits per heavy atom. The summed E-state index contributed by atoms with van der Waals surface area (Å²) >= 11 is 3.39. The molecule has 0 unspecified atom stereocenters. The highest BCUT2D eigenvalue weighted by Gasteiger charge is 2.18. The van der Waals surface area contributed by atoms with Crippen molar-refractivity contribution in [2.24, 2.45) is 0 Å². The molecule has 0 aromatic heterocycles. The third-order valence-electron chi connectivity index (χ3n) is 1.82. The fourth-order valence-corrected chi connectivity index (χ4v) is 1.29. The maximum atomic E-state index is 11.6. The van der Waals surface area contributed by atoms with Crippen LogP contribution in [0.2, 0.25) is 0 Å². The quantitative estimate of drug-likeness (QED) is 0.328. The Hall–Kier alpha value is -0.830. The molecule has 0 saturated heterocycles. The molecule has 0 N–H and O–H groups in total. The zero-order chi connectivity index (χ0) is 10.8. The smallest absolute Gasteiger partial charge is 0.183 e. The number of rotatable bonds is 1. The summed E-state index contributed by atoms with van der Waals surface area (Å²) < 4.78 is 1.90. The summed E-state index contributed by atoms with van der Waals surface area (Å²) in [6.45, 7) is 5.65. The molecule has 3 heteroatoms. The maximum Gasteiger partial charge on any atom is 0.183 e. The monoisotopic (exact) mass is 255 g/mol. The van der Waals surface area contributed by atoms with Gasteiger partial charge < -0.3 is 5.21 Å². The van der Waals surface area contributed by atoms with Gasteiger partial charge in [-0.05, 0) is 28.1 Å².